The van der Waals surface area contributed by atoms with E-state index in [1.807, 2.05) is 25.9 Å². The first-order chi connectivity index (χ1) is 14.8. The van der Waals surface area contributed by atoms with E-state index in [1.54, 1.807) is 0 Å². The summed E-state index contributed by atoms with van der Waals surface area (Å²) in [6, 6.07) is 9.91. The van der Waals surface area contributed by atoms with Gasteiger partial charge in [0.05, 0.1) is 6.20 Å². The molecule has 1 aromatic carbocycles. The van der Waals surface area contributed by atoms with Gasteiger partial charge in [-0.15, -0.1) is 0 Å². The smallest absolute Gasteiger partial charge is 0.268 e. The van der Waals surface area contributed by atoms with E-state index < -0.39 is 5.82 Å². The van der Waals surface area contributed by atoms with Crippen LogP contribution < -0.4 is 5.32 Å². The topological polar surface area (TPSA) is 61.0 Å². The summed E-state index contributed by atoms with van der Waals surface area (Å²) in [5.74, 6) is 0.00637. The molecule has 1 aliphatic rings. The summed E-state index contributed by atoms with van der Waals surface area (Å²) in [7, 11) is 3.82. The van der Waals surface area contributed by atoms with Crippen molar-refractivity contribution in [3.63, 3.8) is 0 Å². The molecule has 162 valence electrons. The SMILES string of the molecule is Cc1[nH]c(C(=O)NCc2ccc(C3CC3)cc2)c(CN(C)C)c1-c1cc(Cl)ncc1F. The van der Waals surface area contributed by atoms with Gasteiger partial charge < -0.3 is 15.2 Å². The van der Waals surface area contributed by atoms with Crippen molar-refractivity contribution in [3.05, 3.63) is 75.6 Å². The Morgan fingerprint density at radius 1 is 1.29 bits per heavy atom. The fraction of sp³-hybridized carbons (Fsp3) is 0.333. The van der Waals surface area contributed by atoms with Crippen LogP contribution in [-0.2, 0) is 13.1 Å². The Morgan fingerprint density at radius 3 is 2.65 bits per heavy atom. The number of aromatic nitrogens is 2. The van der Waals surface area contributed by atoms with Crippen molar-refractivity contribution in [2.24, 2.45) is 0 Å². The van der Waals surface area contributed by atoms with E-state index in [0.717, 1.165) is 17.3 Å². The van der Waals surface area contributed by atoms with Crippen LogP contribution in [0.5, 0.6) is 0 Å². The lowest BCUT2D eigenvalue weighted by molar-refractivity contribution is 0.0945. The second kappa shape index (κ2) is 8.81. The van der Waals surface area contributed by atoms with E-state index in [2.05, 4.69) is 39.6 Å². The average Bonchev–Trinajstić information content (AvgIpc) is 3.53. The third-order valence-electron chi connectivity index (χ3n) is 5.57. The molecule has 31 heavy (non-hydrogen) atoms. The van der Waals surface area contributed by atoms with Crippen molar-refractivity contribution in [2.45, 2.75) is 38.8 Å². The Labute approximate surface area is 186 Å². The molecule has 1 aliphatic carbocycles. The molecular weight excluding hydrogens is 415 g/mol. The quantitative estimate of drug-likeness (QED) is 0.505. The van der Waals surface area contributed by atoms with Crippen LogP contribution in [-0.4, -0.2) is 34.9 Å². The van der Waals surface area contributed by atoms with E-state index in [0.29, 0.717) is 41.5 Å². The third-order valence-corrected chi connectivity index (χ3v) is 5.77. The highest BCUT2D eigenvalue weighted by atomic mass is 35.5. The van der Waals surface area contributed by atoms with Crippen LogP contribution in [0, 0.1) is 12.7 Å². The van der Waals surface area contributed by atoms with Gasteiger partial charge in [0.15, 0.2) is 0 Å². The van der Waals surface area contributed by atoms with Crippen molar-refractivity contribution in [1.29, 1.82) is 0 Å². The van der Waals surface area contributed by atoms with Crippen LogP contribution in [0.4, 0.5) is 4.39 Å². The number of hydrogen-bond donors (Lipinski definition) is 2. The standard InChI is InChI=1S/C24H26ClFN4O/c1-14-22(18-10-21(25)27-12-20(18)26)19(13-30(2)3)23(29-14)24(31)28-11-15-4-6-16(7-5-15)17-8-9-17/h4-7,10,12,17,29H,8-9,11,13H2,1-3H3,(H,28,31). The lowest BCUT2D eigenvalue weighted by atomic mass is 10.00. The minimum atomic E-state index is -0.478. The molecule has 0 saturated heterocycles. The number of H-pyrrole nitrogens is 1. The number of carbonyl (C=O) groups is 1. The highest BCUT2D eigenvalue weighted by molar-refractivity contribution is 6.29. The summed E-state index contributed by atoms with van der Waals surface area (Å²) in [5, 5.41) is 3.19. The Balaban J connectivity index is 1.60. The van der Waals surface area contributed by atoms with Crippen LogP contribution in [0.15, 0.2) is 36.5 Å². The molecule has 0 aliphatic heterocycles. The molecule has 1 saturated carbocycles. The number of nitrogens with one attached hydrogen (secondary N) is 2. The van der Waals surface area contributed by atoms with E-state index in [4.69, 9.17) is 11.6 Å². The first-order valence-electron chi connectivity index (χ1n) is 10.4. The maximum Gasteiger partial charge on any atom is 0.268 e. The fourth-order valence-electron chi connectivity index (χ4n) is 3.91. The van der Waals surface area contributed by atoms with E-state index in [9.17, 15) is 9.18 Å². The molecule has 1 fully saturated rings. The molecule has 0 atom stereocenters. The number of amides is 1. The second-order valence-corrected chi connectivity index (χ2v) is 8.79. The maximum absolute atomic E-state index is 14.6. The monoisotopic (exact) mass is 440 g/mol. The Morgan fingerprint density at radius 2 is 2.00 bits per heavy atom. The summed E-state index contributed by atoms with van der Waals surface area (Å²) in [6.45, 7) is 2.72. The van der Waals surface area contributed by atoms with Crippen molar-refractivity contribution >= 4 is 17.5 Å². The number of hydrogen-bond acceptors (Lipinski definition) is 3. The van der Waals surface area contributed by atoms with E-state index in [-0.39, 0.29) is 11.1 Å². The number of pyridine rings is 1. The summed E-state index contributed by atoms with van der Waals surface area (Å²) < 4.78 is 14.6. The summed E-state index contributed by atoms with van der Waals surface area (Å²) in [6.07, 6.45) is 3.64. The van der Waals surface area contributed by atoms with Gasteiger partial charge in [-0.1, -0.05) is 35.9 Å². The van der Waals surface area contributed by atoms with Gasteiger partial charge in [0.25, 0.3) is 5.91 Å². The normalized spacial score (nSPS) is 13.6. The summed E-state index contributed by atoms with van der Waals surface area (Å²) in [5.41, 5.74) is 5.26. The van der Waals surface area contributed by atoms with Crippen molar-refractivity contribution in [3.8, 4) is 11.1 Å². The van der Waals surface area contributed by atoms with Crippen molar-refractivity contribution < 1.29 is 9.18 Å². The third kappa shape index (κ3) is 4.81. The molecule has 5 nitrogen and oxygen atoms in total. The molecule has 2 heterocycles. The molecule has 2 N–H and O–H groups in total. The molecule has 2 aromatic heterocycles. The Kier molecular flexibility index (Phi) is 6.12. The number of aryl methyl sites for hydroxylation is 1. The highest BCUT2D eigenvalue weighted by Gasteiger charge is 2.25. The van der Waals surface area contributed by atoms with Gasteiger partial charge in [-0.25, -0.2) is 9.37 Å². The minimum absolute atomic E-state index is 0.202. The number of halogens is 2. The van der Waals surface area contributed by atoms with Crippen LogP contribution in [0.3, 0.4) is 0 Å². The zero-order valence-electron chi connectivity index (χ0n) is 17.9. The number of rotatable bonds is 7. The second-order valence-electron chi connectivity index (χ2n) is 8.40. The number of carbonyl (C=O) groups excluding carboxylic acids is 1. The van der Waals surface area contributed by atoms with Crippen LogP contribution in [0.25, 0.3) is 11.1 Å². The first-order valence-corrected chi connectivity index (χ1v) is 10.8. The first kappa shape index (κ1) is 21.5. The van der Waals surface area contributed by atoms with Gasteiger partial charge >= 0.3 is 0 Å². The molecule has 0 spiro atoms. The predicted molar refractivity (Wildman–Crippen MR) is 121 cm³/mol. The lowest BCUT2D eigenvalue weighted by Gasteiger charge is -2.14. The van der Waals surface area contributed by atoms with Crippen molar-refractivity contribution in [1.82, 2.24) is 20.2 Å². The van der Waals surface area contributed by atoms with E-state index >= 15 is 0 Å². The molecule has 0 radical (unpaired) electrons. The minimum Gasteiger partial charge on any atom is -0.354 e. The highest BCUT2D eigenvalue weighted by Crippen LogP contribution is 2.40. The maximum atomic E-state index is 14.6. The van der Waals surface area contributed by atoms with Crippen LogP contribution >= 0.6 is 11.6 Å². The number of benzene rings is 1. The zero-order valence-corrected chi connectivity index (χ0v) is 18.7. The fourth-order valence-corrected chi connectivity index (χ4v) is 4.07. The van der Waals surface area contributed by atoms with Gasteiger partial charge in [-0.05, 0) is 57.0 Å². The zero-order chi connectivity index (χ0) is 22.1. The lowest BCUT2D eigenvalue weighted by Crippen LogP contribution is -2.25. The molecule has 3 aromatic rings. The molecule has 0 unspecified atom stereocenters. The van der Waals surface area contributed by atoms with Gasteiger partial charge in [-0.2, -0.15) is 0 Å². The molecule has 7 heteroatoms. The molecule has 4 rings (SSSR count). The molecular formula is C24H26ClFN4O. The molecule has 1 amide bonds. The predicted octanol–water partition coefficient (Wildman–Crippen LogP) is 5.05. The Bertz CT molecular complexity index is 1100. The Hall–Kier alpha value is -2.70. The van der Waals surface area contributed by atoms with Crippen LogP contribution in [0.2, 0.25) is 5.15 Å². The summed E-state index contributed by atoms with van der Waals surface area (Å²) in [4.78, 5) is 22.0. The number of aromatic amines is 1. The van der Waals surface area contributed by atoms with E-state index in [1.165, 1.54) is 24.5 Å². The van der Waals surface area contributed by atoms with Crippen molar-refractivity contribution in [2.75, 3.05) is 14.1 Å². The van der Waals surface area contributed by atoms with Gasteiger partial charge in [0.1, 0.15) is 16.7 Å². The van der Waals surface area contributed by atoms with Crippen LogP contribution in [0.1, 0.15) is 51.6 Å². The van der Waals surface area contributed by atoms with Gasteiger partial charge in [0.2, 0.25) is 0 Å². The van der Waals surface area contributed by atoms with Gasteiger partial charge in [0, 0.05) is 35.5 Å². The molecule has 0 bridgehead atoms. The van der Waals surface area contributed by atoms with Gasteiger partial charge in [-0.3, -0.25) is 4.79 Å². The summed E-state index contributed by atoms with van der Waals surface area (Å²) >= 11 is 6.02. The number of nitrogens with zero attached hydrogens (tertiary/aromatic N) is 2. The largest absolute Gasteiger partial charge is 0.354 e. The average molecular weight is 441 g/mol.